The third-order valence-electron chi connectivity index (χ3n) is 2.89. The zero-order valence-electron chi connectivity index (χ0n) is 9.86. The van der Waals surface area contributed by atoms with Crippen LogP contribution in [0.3, 0.4) is 0 Å². The Bertz CT molecular complexity index is 432. The fourth-order valence-electron chi connectivity index (χ4n) is 2.12. The van der Waals surface area contributed by atoms with Crippen molar-refractivity contribution in [2.24, 2.45) is 0 Å². The summed E-state index contributed by atoms with van der Waals surface area (Å²) in [5, 5.41) is 3.26. The van der Waals surface area contributed by atoms with Crippen LogP contribution in [-0.2, 0) is 0 Å². The summed E-state index contributed by atoms with van der Waals surface area (Å²) >= 11 is 0. The van der Waals surface area contributed by atoms with Gasteiger partial charge in [0.05, 0.1) is 5.69 Å². The predicted octanol–water partition coefficient (Wildman–Crippen LogP) is 2.29. The summed E-state index contributed by atoms with van der Waals surface area (Å²) < 4.78 is 39.9. The molecule has 17 heavy (non-hydrogen) atoms. The number of nitrogens with one attached hydrogen (secondary N) is 1. The van der Waals surface area contributed by atoms with E-state index in [4.69, 9.17) is 0 Å². The maximum Gasteiger partial charge on any atom is 0.182 e. The van der Waals surface area contributed by atoms with Crippen LogP contribution in [0.1, 0.15) is 13.8 Å². The molecule has 0 saturated carbocycles. The molecule has 2 rings (SSSR count). The topological polar surface area (TPSA) is 15.3 Å². The molecule has 1 aliphatic rings. The van der Waals surface area contributed by atoms with E-state index in [9.17, 15) is 13.2 Å². The Morgan fingerprint density at radius 1 is 1.24 bits per heavy atom. The lowest BCUT2D eigenvalue weighted by Crippen LogP contribution is -2.57. The molecule has 1 aromatic carbocycles. The van der Waals surface area contributed by atoms with E-state index in [0.717, 1.165) is 6.07 Å². The van der Waals surface area contributed by atoms with Crippen molar-refractivity contribution in [1.82, 2.24) is 5.32 Å². The Kier molecular flexibility index (Phi) is 3.03. The first kappa shape index (κ1) is 12.2. The van der Waals surface area contributed by atoms with Crippen molar-refractivity contribution in [3.63, 3.8) is 0 Å². The molecule has 0 aliphatic carbocycles. The molecule has 1 N–H and O–H groups in total. The van der Waals surface area contributed by atoms with Gasteiger partial charge in [-0.25, -0.2) is 13.2 Å². The van der Waals surface area contributed by atoms with Crippen LogP contribution in [0.2, 0.25) is 0 Å². The molecule has 0 amide bonds. The Morgan fingerprint density at radius 3 is 2.59 bits per heavy atom. The van der Waals surface area contributed by atoms with E-state index >= 15 is 0 Å². The first-order chi connectivity index (χ1) is 7.89. The van der Waals surface area contributed by atoms with Crippen LogP contribution in [-0.4, -0.2) is 25.2 Å². The number of nitrogens with zero attached hydrogens (tertiary/aromatic N) is 1. The molecule has 1 aliphatic heterocycles. The van der Waals surface area contributed by atoms with E-state index < -0.39 is 17.5 Å². The molecule has 0 unspecified atom stereocenters. The van der Waals surface area contributed by atoms with Crippen LogP contribution in [0.5, 0.6) is 0 Å². The van der Waals surface area contributed by atoms with Gasteiger partial charge in [0.25, 0.3) is 0 Å². The predicted molar refractivity (Wildman–Crippen MR) is 60.6 cm³/mol. The molecule has 0 bridgehead atoms. The Balaban J connectivity index is 2.34. The maximum absolute atomic E-state index is 13.6. The minimum atomic E-state index is -1.14. The van der Waals surface area contributed by atoms with E-state index in [1.165, 1.54) is 0 Å². The van der Waals surface area contributed by atoms with Gasteiger partial charge in [-0.15, -0.1) is 0 Å². The summed E-state index contributed by atoms with van der Waals surface area (Å²) in [6.45, 7) is 5.63. The second-order valence-electron chi connectivity index (χ2n) is 4.95. The van der Waals surface area contributed by atoms with Crippen LogP contribution in [0.4, 0.5) is 18.9 Å². The lowest BCUT2D eigenvalue weighted by molar-refractivity contribution is 0.349. The maximum atomic E-state index is 13.6. The molecular formula is C12H15F3N2. The number of hydrogen-bond acceptors (Lipinski definition) is 2. The highest BCUT2D eigenvalue weighted by Crippen LogP contribution is 2.26. The second-order valence-corrected chi connectivity index (χ2v) is 4.95. The lowest BCUT2D eigenvalue weighted by Gasteiger charge is -2.40. The van der Waals surface area contributed by atoms with Gasteiger partial charge in [-0.1, -0.05) is 0 Å². The summed E-state index contributed by atoms with van der Waals surface area (Å²) in [4.78, 5) is 1.66. The number of hydrogen-bond donors (Lipinski definition) is 1. The molecule has 5 heteroatoms. The number of piperazine rings is 1. The van der Waals surface area contributed by atoms with E-state index in [1.54, 1.807) is 4.90 Å². The quantitative estimate of drug-likeness (QED) is 0.762. The third-order valence-corrected chi connectivity index (χ3v) is 2.89. The molecule has 94 valence electrons. The Morgan fingerprint density at radius 2 is 1.94 bits per heavy atom. The summed E-state index contributed by atoms with van der Waals surface area (Å²) in [6.07, 6.45) is 0. The fraction of sp³-hybridized carbons (Fsp3) is 0.500. The summed E-state index contributed by atoms with van der Waals surface area (Å²) in [6, 6.07) is 1.60. The Labute approximate surface area is 98.4 Å². The lowest BCUT2D eigenvalue weighted by atomic mass is 10.0. The first-order valence-corrected chi connectivity index (χ1v) is 5.53. The molecule has 0 atom stereocenters. The first-order valence-electron chi connectivity index (χ1n) is 5.53. The van der Waals surface area contributed by atoms with Gasteiger partial charge in [0.2, 0.25) is 0 Å². The normalized spacial score (nSPS) is 19.5. The monoisotopic (exact) mass is 244 g/mol. The average Bonchev–Trinajstić information content (AvgIpc) is 2.22. The van der Waals surface area contributed by atoms with E-state index in [2.05, 4.69) is 5.32 Å². The average molecular weight is 244 g/mol. The highest BCUT2D eigenvalue weighted by atomic mass is 19.2. The van der Waals surface area contributed by atoms with Crippen molar-refractivity contribution < 1.29 is 13.2 Å². The molecule has 0 radical (unpaired) electrons. The highest BCUT2D eigenvalue weighted by Gasteiger charge is 2.28. The van der Waals surface area contributed by atoms with Crippen LogP contribution in [0.15, 0.2) is 12.1 Å². The Hall–Kier alpha value is -1.23. The largest absolute Gasteiger partial charge is 0.366 e. The van der Waals surface area contributed by atoms with Gasteiger partial charge in [-0.05, 0) is 13.8 Å². The van der Waals surface area contributed by atoms with Gasteiger partial charge in [0.1, 0.15) is 5.82 Å². The molecule has 0 spiro atoms. The fourth-order valence-corrected chi connectivity index (χ4v) is 2.12. The van der Waals surface area contributed by atoms with Crippen LogP contribution >= 0.6 is 0 Å². The summed E-state index contributed by atoms with van der Waals surface area (Å²) in [5.74, 6) is -2.88. The van der Waals surface area contributed by atoms with E-state index in [0.29, 0.717) is 25.7 Å². The molecular weight excluding hydrogens is 229 g/mol. The molecule has 1 heterocycles. The van der Waals surface area contributed by atoms with Gasteiger partial charge >= 0.3 is 0 Å². The number of rotatable bonds is 1. The molecule has 1 saturated heterocycles. The zero-order valence-corrected chi connectivity index (χ0v) is 9.86. The highest BCUT2D eigenvalue weighted by molar-refractivity contribution is 5.49. The van der Waals surface area contributed by atoms with Crippen molar-refractivity contribution in [3.8, 4) is 0 Å². The summed E-state index contributed by atoms with van der Waals surface area (Å²) in [5.41, 5.74) is -0.204. The van der Waals surface area contributed by atoms with E-state index in [-0.39, 0.29) is 11.2 Å². The van der Waals surface area contributed by atoms with Crippen molar-refractivity contribution in [2.45, 2.75) is 19.4 Å². The van der Waals surface area contributed by atoms with Crippen molar-refractivity contribution >= 4 is 5.69 Å². The number of benzene rings is 1. The van der Waals surface area contributed by atoms with Crippen LogP contribution in [0.25, 0.3) is 0 Å². The zero-order chi connectivity index (χ0) is 12.6. The smallest absolute Gasteiger partial charge is 0.182 e. The molecule has 0 aromatic heterocycles. The van der Waals surface area contributed by atoms with Crippen LogP contribution < -0.4 is 10.2 Å². The van der Waals surface area contributed by atoms with Gasteiger partial charge in [-0.3, -0.25) is 0 Å². The van der Waals surface area contributed by atoms with Gasteiger partial charge in [0, 0.05) is 37.3 Å². The van der Waals surface area contributed by atoms with Crippen molar-refractivity contribution in [2.75, 3.05) is 24.5 Å². The summed E-state index contributed by atoms with van der Waals surface area (Å²) in [7, 11) is 0. The molecule has 1 fully saturated rings. The molecule has 2 nitrogen and oxygen atoms in total. The molecule has 1 aromatic rings. The third kappa shape index (κ3) is 2.54. The van der Waals surface area contributed by atoms with Crippen molar-refractivity contribution in [1.29, 1.82) is 0 Å². The minimum absolute atomic E-state index is 0.00271. The van der Waals surface area contributed by atoms with Crippen LogP contribution in [0, 0.1) is 17.5 Å². The number of halogens is 3. The van der Waals surface area contributed by atoms with Gasteiger partial charge < -0.3 is 10.2 Å². The minimum Gasteiger partial charge on any atom is -0.366 e. The second kappa shape index (κ2) is 4.22. The standard InChI is InChI=1S/C12H15F3N2/c1-12(2)7-17(4-3-16-12)10-6-8(13)5-9(14)11(10)15/h5-6,16H,3-4,7H2,1-2H3. The van der Waals surface area contributed by atoms with Crippen molar-refractivity contribution in [3.05, 3.63) is 29.6 Å². The van der Waals surface area contributed by atoms with Gasteiger partial charge in [-0.2, -0.15) is 0 Å². The van der Waals surface area contributed by atoms with E-state index in [1.807, 2.05) is 13.8 Å². The van der Waals surface area contributed by atoms with Gasteiger partial charge in [0.15, 0.2) is 11.6 Å². The number of anilines is 1. The SMILES string of the molecule is CC1(C)CN(c2cc(F)cc(F)c2F)CCN1.